The molecule has 2 saturated heterocycles. The molecule has 0 aromatic heterocycles. The van der Waals surface area contributed by atoms with Gasteiger partial charge in [0.05, 0.1) is 11.0 Å². The van der Waals surface area contributed by atoms with Gasteiger partial charge in [0.25, 0.3) is 5.69 Å². The summed E-state index contributed by atoms with van der Waals surface area (Å²) in [7, 11) is 0. The zero-order valence-corrected chi connectivity index (χ0v) is 11.6. The zero-order valence-electron chi connectivity index (χ0n) is 11.6. The number of nitrogens with zero attached hydrogens (tertiary/aromatic N) is 2. The van der Waals surface area contributed by atoms with Crippen LogP contribution in [-0.4, -0.2) is 39.2 Å². The van der Waals surface area contributed by atoms with Crippen LogP contribution in [0.15, 0.2) is 18.2 Å². The van der Waals surface area contributed by atoms with Crippen LogP contribution < -0.4 is 4.74 Å². The van der Waals surface area contributed by atoms with Crippen molar-refractivity contribution >= 4 is 11.8 Å². The first-order valence-corrected chi connectivity index (χ1v) is 7.07. The molecule has 22 heavy (non-hydrogen) atoms. The normalized spacial score (nSPS) is 26.8. The zero-order chi connectivity index (χ0) is 15.9. The number of piperidine rings is 1. The van der Waals surface area contributed by atoms with Crippen LogP contribution in [0.2, 0.25) is 0 Å². The molecule has 2 aliphatic rings. The first-order chi connectivity index (χ1) is 10.5. The van der Waals surface area contributed by atoms with Crippen LogP contribution in [0.1, 0.15) is 25.7 Å². The van der Waals surface area contributed by atoms with Gasteiger partial charge in [-0.15, -0.1) is 0 Å². The summed E-state index contributed by atoms with van der Waals surface area (Å²) in [5.41, 5.74) is -0.328. The number of nitro groups is 1. The lowest BCUT2D eigenvalue weighted by molar-refractivity contribution is -0.385. The molecule has 0 aliphatic carbocycles. The van der Waals surface area contributed by atoms with Gasteiger partial charge in [0.2, 0.25) is 0 Å². The van der Waals surface area contributed by atoms with Crippen molar-refractivity contribution < 1.29 is 24.0 Å². The van der Waals surface area contributed by atoms with E-state index in [1.165, 1.54) is 17.0 Å². The van der Waals surface area contributed by atoms with E-state index in [-0.39, 0.29) is 29.6 Å². The van der Waals surface area contributed by atoms with E-state index in [2.05, 4.69) is 0 Å². The minimum atomic E-state index is -0.924. The van der Waals surface area contributed by atoms with Crippen molar-refractivity contribution in [2.75, 3.05) is 0 Å². The summed E-state index contributed by atoms with van der Waals surface area (Å²) in [6.45, 7) is 0. The maximum absolute atomic E-state index is 13.8. The maximum atomic E-state index is 13.8. The third-order valence-corrected chi connectivity index (χ3v) is 4.33. The fourth-order valence-corrected chi connectivity index (χ4v) is 3.41. The Morgan fingerprint density at radius 1 is 1.36 bits per heavy atom. The van der Waals surface area contributed by atoms with Gasteiger partial charge in [0.15, 0.2) is 11.6 Å². The maximum Gasteiger partial charge on any atom is 0.407 e. The van der Waals surface area contributed by atoms with E-state index in [1.54, 1.807) is 0 Å². The third-order valence-electron chi connectivity index (χ3n) is 4.33. The van der Waals surface area contributed by atoms with Crippen LogP contribution in [0.4, 0.5) is 14.9 Å². The molecular formula is C14H15FN2O5. The highest BCUT2D eigenvalue weighted by atomic mass is 19.1. The van der Waals surface area contributed by atoms with E-state index in [0.717, 1.165) is 18.9 Å². The number of rotatable bonds is 3. The summed E-state index contributed by atoms with van der Waals surface area (Å²) in [5, 5.41) is 19.8. The molecule has 0 saturated carbocycles. The van der Waals surface area contributed by atoms with E-state index >= 15 is 0 Å². The number of fused-ring (bicyclic) bond motifs is 2. The second kappa shape index (κ2) is 5.43. The molecule has 2 unspecified atom stereocenters. The van der Waals surface area contributed by atoms with Gasteiger partial charge in [-0.25, -0.2) is 9.18 Å². The fourth-order valence-electron chi connectivity index (χ4n) is 3.41. The molecule has 1 amide bonds. The summed E-state index contributed by atoms with van der Waals surface area (Å²) in [5.74, 6) is -0.805. The Balaban J connectivity index is 1.71. The quantitative estimate of drug-likeness (QED) is 0.684. The number of ether oxygens (including phenoxy) is 1. The number of amides is 1. The molecule has 2 atom stereocenters. The number of nitro benzene ring substituents is 1. The Morgan fingerprint density at radius 3 is 2.50 bits per heavy atom. The van der Waals surface area contributed by atoms with Crippen LogP contribution in [0.3, 0.4) is 0 Å². The highest BCUT2D eigenvalue weighted by molar-refractivity contribution is 5.66. The molecule has 118 valence electrons. The Morgan fingerprint density at radius 2 is 2.00 bits per heavy atom. The van der Waals surface area contributed by atoms with Crippen molar-refractivity contribution in [3.05, 3.63) is 34.1 Å². The van der Waals surface area contributed by atoms with Crippen LogP contribution in [0.5, 0.6) is 5.75 Å². The first-order valence-electron chi connectivity index (χ1n) is 7.07. The van der Waals surface area contributed by atoms with Crippen LogP contribution >= 0.6 is 0 Å². The Labute approximate surface area is 125 Å². The van der Waals surface area contributed by atoms with Crippen LogP contribution in [0, 0.1) is 15.9 Å². The van der Waals surface area contributed by atoms with E-state index < -0.39 is 16.8 Å². The largest absolute Gasteiger partial charge is 0.487 e. The van der Waals surface area contributed by atoms with Gasteiger partial charge in [0, 0.05) is 31.0 Å². The van der Waals surface area contributed by atoms with Gasteiger partial charge in [0.1, 0.15) is 6.10 Å². The van der Waals surface area contributed by atoms with Gasteiger partial charge in [-0.05, 0) is 18.9 Å². The molecule has 2 fully saturated rings. The fraction of sp³-hybridized carbons (Fsp3) is 0.500. The Bertz CT molecular complexity index is 609. The van der Waals surface area contributed by atoms with Gasteiger partial charge < -0.3 is 14.7 Å². The summed E-state index contributed by atoms with van der Waals surface area (Å²) in [6, 6.07) is 3.08. The third kappa shape index (κ3) is 2.56. The highest BCUT2D eigenvalue weighted by Crippen LogP contribution is 2.37. The molecule has 2 aliphatic heterocycles. The Kier molecular flexibility index (Phi) is 3.59. The van der Waals surface area contributed by atoms with Crippen LogP contribution in [0.25, 0.3) is 0 Å². The van der Waals surface area contributed by atoms with E-state index in [0.29, 0.717) is 12.8 Å². The van der Waals surface area contributed by atoms with Crippen molar-refractivity contribution in [2.45, 2.75) is 43.9 Å². The number of hydrogen-bond acceptors (Lipinski definition) is 4. The number of halogens is 1. The lowest BCUT2D eigenvalue weighted by Gasteiger charge is -2.37. The van der Waals surface area contributed by atoms with E-state index in [9.17, 15) is 24.4 Å². The molecule has 2 heterocycles. The van der Waals surface area contributed by atoms with Crippen molar-refractivity contribution in [2.24, 2.45) is 0 Å². The lowest BCUT2D eigenvalue weighted by Crippen LogP contribution is -2.48. The number of benzene rings is 1. The summed E-state index contributed by atoms with van der Waals surface area (Å²) >= 11 is 0. The van der Waals surface area contributed by atoms with Gasteiger partial charge in [-0.3, -0.25) is 10.1 Å². The summed E-state index contributed by atoms with van der Waals surface area (Å²) in [4.78, 5) is 22.6. The van der Waals surface area contributed by atoms with Crippen molar-refractivity contribution in [3.63, 3.8) is 0 Å². The van der Waals surface area contributed by atoms with Gasteiger partial charge >= 0.3 is 6.09 Å². The standard InChI is InChI=1S/C14H15FN2O5/c15-12-7-10(17(20)21)3-4-13(12)22-11-5-8-1-2-9(6-11)16(8)14(18)19/h3-4,7-9,11H,1-2,5-6H2,(H,18,19). The van der Waals surface area contributed by atoms with Crippen molar-refractivity contribution in [1.82, 2.24) is 4.90 Å². The summed E-state index contributed by atoms with van der Waals surface area (Å²) < 4.78 is 19.5. The highest BCUT2D eigenvalue weighted by Gasteiger charge is 2.44. The smallest absolute Gasteiger partial charge is 0.407 e. The number of carbonyl (C=O) groups is 1. The molecule has 0 spiro atoms. The minimum absolute atomic E-state index is 0.0289. The predicted octanol–water partition coefficient (Wildman–Crippen LogP) is 2.79. The second-order valence-electron chi connectivity index (χ2n) is 5.66. The number of carboxylic acid groups (broad SMARTS) is 1. The average molecular weight is 310 g/mol. The molecule has 2 bridgehead atoms. The SMILES string of the molecule is O=C(O)N1C2CCC1CC(Oc1ccc([N+](=O)[O-])cc1F)C2. The van der Waals surface area contributed by atoms with Gasteiger partial charge in [-0.1, -0.05) is 0 Å². The molecule has 8 heteroatoms. The predicted molar refractivity (Wildman–Crippen MR) is 73.4 cm³/mol. The van der Waals surface area contributed by atoms with E-state index in [4.69, 9.17) is 4.74 Å². The minimum Gasteiger partial charge on any atom is -0.487 e. The Hall–Kier alpha value is -2.38. The van der Waals surface area contributed by atoms with E-state index in [1.807, 2.05) is 0 Å². The van der Waals surface area contributed by atoms with Gasteiger partial charge in [-0.2, -0.15) is 0 Å². The number of non-ortho nitro benzene ring substituents is 1. The number of hydrogen-bond donors (Lipinski definition) is 1. The molecule has 1 aromatic rings. The molecule has 1 N–H and O–H groups in total. The average Bonchev–Trinajstić information content (AvgIpc) is 2.73. The molecule has 1 aromatic carbocycles. The summed E-state index contributed by atoms with van der Waals surface area (Å²) in [6.07, 6.45) is 1.41. The topological polar surface area (TPSA) is 92.9 Å². The van der Waals surface area contributed by atoms with Crippen molar-refractivity contribution in [1.29, 1.82) is 0 Å². The molecular weight excluding hydrogens is 295 g/mol. The first kappa shape index (κ1) is 14.6. The second-order valence-corrected chi connectivity index (χ2v) is 5.66. The monoisotopic (exact) mass is 310 g/mol. The lowest BCUT2D eigenvalue weighted by atomic mass is 10.0. The van der Waals surface area contributed by atoms with Crippen LogP contribution in [-0.2, 0) is 0 Å². The van der Waals surface area contributed by atoms with Crippen molar-refractivity contribution in [3.8, 4) is 5.75 Å². The molecule has 7 nitrogen and oxygen atoms in total. The molecule has 3 rings (SSSR count). The molecule has 0 radical (unpaired) electrons.